The summed E-state index contributed by atoms with van der Waals surface area (Å²) < 4.78 is 0. The highest BCUT2D eigenvalue weighted by molar-refractivity contribution is 6.35. The standard InChI is InChI=1S/C15H12ClN3O5/c1-8-4-3-5-11(9(8)2)17-15(20)10-6-12(18(21)22)14(16)13(7-10)19(23)24/h3-7H,1-2H3,(H,17,20). The maximum absolute atomic E-state index is 12.3. The molecule has 0 heterocycles. The van der Waals surface area contributed by atoms with Crippen molar-refractivity contribution >= 4 is 34.6 Å². The summed E-state index contributed by atoms with van der Waals surface area (Å²) in [6.07, 6.45) is 0. The predicted molar refractivity (Wildman–Crippen MR) is 88.6 cm³/mol. The summed E-state index contributed by atoms with van der Waals surface area (Å²) in [5.74, 6) is -0.702. The van der Waals surface area contributed by atoms with Crippen LogP contribution in [0.25, 0.3) is 0 Å². The minimum absolute atomic E-state index is 0.223. The fourth-order valence-corrected chi connectivity index (χ4v) is 2.32. The minimum Gasteiger partial charge on any atom is -0.322 e. The van der Waals surface area contributed by atoms with Gasteiger partial charge in [-0.2, -0.15) is 0 Å². The molecule has 0 unspecified atom stereocenters. The van der Waals surface area contributed by atoms with E-state index in [9.17, 15) is 25.0 Å². The first kappa shape index (κ1) is 17.4. The minimum atomic E-state index is -0.871. The average molecular weight is 350 g/mol. The van der Waals surface area contributed by atoms with E-state index in [0.29, 0.717) is 5.69 Å². The Bertz CT molecular complexity index is 831. The van der Waals surface area contributed by atoms with Crippen LogP contribution in [0.3, 0.4) is 0 Å². The van der Waals surface area contributed by atoms with Crippen molar-refractivity contribution in [2.45, 2.75) is 13.8 Å². The second-order valence-electron chi connectivity index (χ2n) is 5.04. The largest absolute Gasteiger partial charge is 0.322 e. The molecule has 0 aromatic heterocycles. The van der Waals surface area contributed by atoms with E-state index in [1.165, 1.54) is 0 Å². The lowest BCUT2D eigenvalue weighted by Crippen LogP contribution is -2.14. The van der Waals surface area contributed by atoms with Gasteiger partial charge >= 0.3 is 0 Å². The molecule has 2 rings (SSSR count). The predicted octanol–water partition coefficient (Wildman–Crippen LogP) is 4.03. The van der Waals surface area contributed by atoms with Gasteiger partial charge in [-0.15, -0.1) is 0 Å². The molecule has 0 fully saturated rings. The Labute approximate surface area is 141 Å². The van der Waals surface area contributed by atoms with Crippen LogP contribution in [0.15, 0.2) is 30.3 Å². The van der Waals surface area contributed by atoms with Crippen LogP contribution >= 0.6 is 11.6 Å². The van der Waals surface area contributed by atoms with Gasteiger partial charge in [-0.05, 0) is 31.0 Å². The normalized spacial score (nSPS) is 10.3. The molecule has 0 radical (unpaired) electrons. The molecule has 1 N–H and O–H groups in total. The number of halogens is 1. The maximum Gasteiger partial charge on any atom is 0.295 e. The molecule has 1 amide bonds. The van der Waals surface area contributed by atoms with Crippen molar-refractivity contribution in [3.05, 3.63) is 72.3 Å². The van der Waals surface area contributed by atoms with E-state index in [0.717, 1.165) is 23.3 Å². The highest BCUT2D eigenvalue weighted by Gasteiger charge is 2.27. The average Bonchev–Trinajstić information content (AvgIpc) is 2.51. The van der Waals surface area contributed by atoms with Crippen molar-refractivity contribution in [3.8, 4) is 0 Å². The van der Waals surface area contributed by atoms with E-state index >= 15 is 0 Å². The molecular formula is C15H12ClN3O5. The number of anilines is 1. The van der Waals surface area contributed by atoms with Crippen LogP contribution in [0.1, 0.15) is 21.5 Å². The third-order valence-corrected chi connectivity index (χ3v) is 3.93. The van der Waals surface area contributed by atoms with Crippen LogP contribution in [-0.4, -0.2) is 15.8 Å². The lowest BCUT2D eigenvalue weighted by Gasteiger charge is -2.10. The Balaban J connectivity index is 2.47. The summed E-state index contributed by atoms with van der Waals surface area (Å²) in [5, 5.41) is 24.0. The van der Waals surface area contributed by atoms with Gasteiger partial charge in [0.25, 0.3) is 17.3 Å². The molecule has 0 aliphatic carbocycles. The Morgan fingerprint density at radius 1 is 1.08 bits per heavy atom. The van der Waals surface area contributed by atoms with Gasteiger partial charge in [0.2, 0.25) is 0 Å². The molecule has 0 bridgehead atoms. The number of benzene rings is 2. The highest BCUT2D eigenvalue weighted by Crippen LogP contribution is 2.35. The quantitative estimate of drug-likeness (QED) is 0.660. The van der Waals surface area contributed by atoms with Crippen LogP contribution in [0.4, 0.5) is 17.1 Å². The number of hydrogen-bond donors (Lipinski definition) is 1. The van der Waals surface area contributed by atoms with E-state index in [2.05, 4.69) is 5.32 Å². The first-order valence-electron chi connectivity index (χ1n) is 6.72. The zero-order valence-electron chi connectivity index (χ0n) is 12.7. The zero-order chi connectivity index (χ0) is 18.0. The lowest BCUT2D eigenvalue weighted by molar-refractivity contribution is -0.393. The zero-order valence-corrected chi connectivity index (χ0v) is 13.5. The summed E-state index contributed by atoms with van der Waals surface area (Å²) in [6.45, 7) is 3.67. The number of carbonyl (C=O) groups excluding carboxylic acids is 1. The fourth-order valence-electron chi connectivity index (χ4n) is 2.07. The number of nitro groups is 2. The molecule has 0 atom stereocenters. The van der Waals surface area contributed by atoms with Gasteiger partial charge in [0.1, 0.15) is 0 Å². The van der Waals surface area contributed by atoms with E-state index in [1.54, 1.807) is 19.1 Å². The summed E-state index contributed by atoms with van der Waals surface area (Å²) in [4.78, 5) is 32.6. The third kappa shape index (κ3) is 3.33. The van der Waals surface area contributed by atoms with Crippen molar-refractivity contribution in [1.29, 1.82) is 0 Å². The molecule has 0 aliphatic heterocycles. The molecular weight excluding hydrogens is 338 g/mol. The van der Waals surface area contributed by atoms with Crippen LogP contribution in [0, 0.1) is 34.1 Å². The van der Waals surface area contributed by atoms with Gasteiger partial charge in [-0.1, -0.05) is 23.7 Å². The van der Waals surface area contributed by atoms with Crippen LogP contribution in [0.2, 0.25) is 5.02 Å². The molecule has 24 heavy (non-hydrogen) atoms. The van der Waals surface area contributed by atoms with E-state index in [4.69, 9.17) is 11.6 Å². The Hall–Kier alpha value is -3.00. The number of nitrogens with zero attached hydrogens (tertiary/aromatic N) is 2. The van der Waals surface area contributed by atoms with Crippen molar-refractivity contribution in [3.63, 3.8) is 0 Å². The number of hydrogen-bond acceptors (Lipinski definition) is 5. The number of nitro benzene ring substituents is 2. The number of carbonyl (C=O) groups is 1. The van der Waals surface area contributed by atoms with E-state index < -0.39 is 32.2 Å². The van der Waals surface area contributed by atoms with E-state index in [-0.39, 0.29) is 5.56 Å². The monoisotopic (exact) mass is 349 g/mol. The van der Waals surface area contributed by atoms with Gasteiger partial charge in [0, 0.05) is 17.8 Å². The van der Waals surface area contributed by atoms with Crippen molar-refractivity contribution in [2.75, 3.05) is 5.32 Å². The van der Waals surface area contributed by atoms with Crippen LogP contribution in [0.5, 0.6) is 0 Å². The number of amides is 1. The maximum atomic E-state index is 12.3. The summed E-state index contributed by atoms with van der Waals surface area (Å²) >= 11 is 5.67. The molecule has 8 nitrogen and oxygen atoms in total. The van der Waals surface area contributed by atoms with Gasteiger partial charge in [0.05, 0.1) is 15.4 Å². The number of rotatable bonds is 4. The molecule has 0 aliphatic rings. The van der Waals surface area contributed by atoms with Crippen molar-refractivity contribution in [1.82, 2.24) is 0 Å². The van der Waals surface area contributed by atoms with Crippen molar-refractivity contribution < 1.29 is 14.6 Å². The smallest absolute Gasteiger partial charge is 0.295 e. The second kappa shape index (κ2) is 6.63. The molecule has 124 valence electrons. The Morgan fingerprint density at radius 3 is 2.12 bits per heavy atom. The molecule has 0 spiro atoms. The van der Waals surface area contributed by atoms with Crippen molar-refractivity contribution in [2.24, 2.45) is 0 Å². The Kier molecular flexibility index (Phi) is 4.79. The van der Waals surface area contributed by atoms with E-state index in [1.807, 2.05) is 13.0 Å². The molecule has 2 aromatic rings. The summed E-state index contributed by atoms with van der Waals surface area (Å²) in [7, 11) is 0. The van der Waals surface area contributed by atoms with Gasteiger partial charge in [-0.3, -0.25) is 25.0 Å². The number of nitrogens with one attached hydrogen (secondary N) is 1. The van der Waals surface area contributed by atoms with Gasteiger partial charge < -0.3 is 5.32 Å². The topological polar surface area (TPSA) is 115 Å². The van der Waals surface area contributed by atoms with Gasteiger partial charge in [0.15, 0.2) is 5.02 Å². The second-order valence-corrected chi connectivity index (χ2v) is 5.42. The SMILES string of the molecule is Cc1cccc(NC(=O)c2cc([N+](=O)[O-])c(Cl)c([N+](=O)[O-])c2)c1C. The fraction of sp³-hybridized carbons (Fsp3) is 0.133. The van der Waals surface area contributed by atoms with Crippen LogP contribution < -0.4 is 5.32 Å². The highest BCUT2D eigenvalue weighted by atomic mass is 35.5. The lowest BCUT2D eigenvalue weighted by atomic mass is 10.1. The van der Waals surface area contributed by atoms with Gasteiger partial charge in [-0.25, -0.2) is 0 Å². The Morgan fingerprint density at radius 2 is 1.62 bits per heavy atom. The third-order valence-electron chi connectivity index (χ3n) is 3.54. The number of aryl methyl sites for hydroxylation is 1. The first-order chi connectivity index (χ1) is 11.2. The molecule has 9 heteroatoms. The first-order valence-corrected chi connectivity index (χ1v) is 7.10. The summed E-state index contributed by atoms with van der Waals surface area (Å²) in [6, 6.07) is 7.10. The molecule has 0 saturated heterocycles. The summed E-state index contributed by atoms with van der Waals surface area (Å²) in [5.41, 5.74) is 0.664. The van der Waals surface area contributed by atoms with Crippen LogP contribution in [-0.2, 0) is 0 Å². The molecule has 0 saturated carbocycles. The molecule has 2 aromatic carbocycles.